The smallest absolute Gasteiger partial charge is 0.260 e. The van der Waals surface area contributed by atoms with Crippen LogP contribution in [0.4, 0.5) is 0 Å². The summed E-state index contributed by atoms with van der Waals surface area (Å²) in [6, 6.07) is 6.31. The third kappa shape index (κ3) is 5.21. The lowest BCUT2D eigenvalue weighted by molar-refractivity contribution is -0.128. The van der Waals surface area contributed by atoms with Gasteiger partial charge in [0.15, 0.2) is 6.10 Å². The van der Waals surface area contributed by atoms with Crippen molar-refractivity contribution in [3.05, 3.63) is 24.3 Å². The van der Waals surface area contributed by atoms with Gasteiger partial charge in [0, 0.05) is 12.6 Å². The lowest BCUT2D eigenvalue weighted by Crippen LogP contribution is -2.43. The van der Waals surface area contributed by atoms with Gasteiger partial charge >= 0.3 is 0 Å². The van der Waals surface area contributed by atoms with E-state index in [0.29, 0.717) is 12.3 Å². The number of hydrogen-bond donors (Lipinski definition) is 2. The second-order valence-corrected chi connectivity index (χ2v) is 7.84. The molecule has 134 valence electrons. The van der Waals surface area contributed by atoms with Crippen LogP contribution in [0.2, 0.25) is 0 Å². The molecule has 2 rings (SSSR count). The maximum atomic E-state index is 12.2. The number of amides is 1. The molecule has 24 heavy (non-hydrogen) atoms. The minimum absolute atomic E-state index is 0.133. The number of carbonyl (C=O) groups is 1. The number of nitrogens with one attached hydrogen (secondary N) is 2. The average molecular weight is 354 g/mol. The molecule has 0 bridgehead atoms. The Hall–Kier alpha value is -1.60. The van der Waals surface area contributed by atoms with E-state index in [1.165, 1.54) is 18.6 Å². The summed E-state index contributed by atoms with van der Waals surface area (Å²) in [6.07, 6.45) is 4.97. The number of hydrogen-bond acceptors (Lipinski definition) is 4. The van der Waals surface area contributed by atoms with Gasteiger partial charge in [-0.3, -0.25) is 4.79 Å². The van der Waals surface area contributed by atoms with Gasteiger partial charge in [-0.05, 0) is 44.0 Å². The van der Waals surface area contributed by atoms with Crippen molar-refractivity contribution in [2.45, 2.75) is 63.0 Å². The summed E-state index contributed by atoms with van der Waals surface area (Å²) in [5.74, 6) is 0.336. The van der Waals surface area contributed by atoms with Crippen LogP contribution in [0.3, 0.4) is 0 Å². The van der Waals surface area contributed by atoms with E-state index < -0.39 is 16.1 Å². The van der Waals surface area contributed by atoms with E-state index >= 15 is 0 Å². The quantitative estimate of drug-likeness (QED) is 0.786. The maximum absolute atomic E-state index is 12.2. The molecule has 2 N–H and O–H groups in total. The van der Waals surface area contributed by atoms with E-state index in [-0.39, 0.29) is 16.8 Å². The third-order valence-electron chi connectivity index (χ3n) is 4.10. The molecule has 0 spiro atoms. The normalized spacial score (nSPS) is 17.2. The van der Waals surface area contributed by atoms with E-state index in [9.17, 15) is 13.2 Å². The SMILES string of the molecule is CCNS(=O)(=O)c1ccc(O[C@H](C)C(=O)NC2CCCCC2)cc1. The van der Waals surface area contributed by atoms with Crippen LogP contribution in [0.15, 0.2) is 29.2 Å². The first-order chi connectivity index (χ1) is 11.4. The Labute approximate surface area is 144 Å². The Kier molecular flexibility index (Phi) is 6.62. The molecule has 0 aromatic heterocycles. The van der Waals surface area contributed by atoms with Crippen LogP contribution >= 0.6 is 0 Å². The lowest BCUT2D eigenvalue weighted by Gasteiger charge is -2.24. The molecular formula is C17H26N2O4S. The van der Waals surface area contributed by atoms with Crippen LogP contribution in [-0.4, -0.2) is 33.0 Å². The van der Waals surface area contributed by atoms with Gasteiger partial charge < -0.3 is 10.1 Å². The Morgan fingerprint density at radius 3 is 2.42 bits per heavy atom. The first kappa shape index (κ1) is 18.7. The number of benzene rings is 1. The highest BCUT2D eigenvalue weighted by atomic mass is 32.2. The molecule has 1 amide bonds. The van der Waals surface area contributed by atoms with E-state index in [4.69, 9.17) is 4.74 Å². The minimum Gasteiger partial charge on any atom is -0.481 e. The molecule has 1 aliphatic carbocycles. The molecule has 1 aliphatic rings. The molecule has 0 heterocycles. The second-order valence-electron chi connectivity index (χ2n) is 6.08. The molecule has 1 atom stereocenters. The van der Waals surface area contributed by atoms with Crippen LogP contribution in [0.25, 0.3) is 0 Å². The molecule has 1 fully saturated rings. The zero-order valence-corrected chi connectivity index (χ0v) is 15.1. The summed E-state index contributed by atoms with van der Waals surface area (Å²) in [6.45, 7) is 3.75. The summed E-state index contributed by atoms with van der Waals surface area (Å²) in [5.41, 5.74) is 0. The Balaban J connectivity index is 1.91. The molecular weight excluding hydrogens is 328 g/mol. The molecule has 1 aromatic rings. The van der Waals surface area contributed by atoms with Crippen molar-refractivity contribution < 1.29 is 17.9 Å². The predicted octanol–water partition coefficient (Wildman–Crippen LogP) is 2.20. The van der Waals surface area contributed by atoms with Crippen LogP contribution in [-0.2, 0) is 14.8 Å². The second kappa shape index (κ2) is 8.48. The highest BCUT2D eigenvalue weighted by Crippen LogP contribution is 2.19. The van der Waals surface area contributed by atoms with Gasteiger partial charge in [0.2, 0.25) is 10.0 Å². The summed E-state index contributed by atoms with van der Waals surface area (Å²) >= 11 is 0. The third-order valence-corrected chi connectivity index (χ3v) is 5.66. The summed E-state index contributed by atoms with van der Waals surface area (Å²) in [5, 5.41) is 3.02. The Morgan fingerprint density at radius 1 is 1.21 bits per heavy atom. The summed E-state index contributed by atoms with van der Waals surface area (Å²) in [7, 11) is -3.48. The van der Waals surface area contributed by atoms with Crippen molar-refractivity contribution in [3.8, 4) is 5.75 Å². The first-order valence-electron chi connectivity index (χ1n) is 8.49. The van der Waals surface area contributed by atoms with Crippen molar-refractivity contribution in [3.63, 3.8) is 0 Å². The fourth-order valence-electron chi connectivity index (χ4n) is 2.79. The van der Waals surface area contributed by atoms with Crippen molar-refractivity contribution in [1.29, 1.82) is 0 Å². The zero-order valence-electron chi connectivity index (χ0n) is 14.2. The standard InChI is InChI=1S/C17H26N2O4S/c1-3-18-24(21,22)16-11-9-15(10-12-16)23-13(2)17(20)19-14-7-5-4-6-8-14/h9-14,18H,3-8H2,1-2H3,(H,19,20)/t13-/m1/s1. The van der Waals surface area contributed by atoms with E-state index in [1.807, 2.05) is 0 Å². The van der Waals surface area contributed by atoms with Crippen LogP contribution in [0.5, 0.6) is 5.75 Å². The predicted molar refractivity (Wildman–Crippen MR) is 92.4 cm³/mol. The molecule has 1 aromatic carbocycles. The van der Waals surface area contributed by atoms with Gasteiger partial charge in [0.25, 0.3) is 5.91 Å². The number of carbonyl (C=O) groups excluding carboxylic acids is 1. The van der Waals surface area contributed by atoms with Gasteiger partial charge in [-0.25, -0.2) is 13.1 Å². The molecule has 6 nitrogen and oxygen atoms in total. The van der Waals surface area contributed by atoms with E-state index in [2.05, 4.69) is 10.0 Å². The Bertz CT molecular complexity index is 637. The lowest BCUT2D eigenvalue weighted by atomic mass is 9.95. The molecule has 0 aliphatic heterocycles. The molecule has 7 heteroatoms. The van der Waals surface area contributed by atoms with Crippen LogP contribution in [0, 0.1) is 0 Å². The monoisotopic (exact) mass is 354 g/mol. The van der Waals surface area contributed by atoms with E-state index in [1.54, 1.807) is 26.0 Å². The van der Waals surface area contributed by atoms with Gasteiger partial charge in [0.1, 0.15) is 5.75 Å². The largest absolute Gasteiger partial charge is 0.481 e. The van der Waals surface area contributed by atoms with Crippen LogP contribution in [0.1, 0.15) is 46.0 Å². The van der Waals surface area contributed by atoms with Gasteiger partial charge in [-0.1, -0.05) is 26.2 Å². The summed E-state index contributed by atoms with van der Waals surface area (Å²) in [4.78, 5) is 12.4. The van der Waals surface area contributed by atoms with E-state index in [0.717, 1.165) is 25.7 Å². The fourth-order valence-corrected chi connectivity index (χ4v) is 3.83. The highest BCUT2D eigenvalue weighted by molar-refractivity contribution is 7.89. The Morgan fingerprint density at radius 2 is 1.83 bits per heavy atom. The minimum atomic E-state index is -3.48. The van der Waals surface area contributed by atoms with Gasteiger partial charge in [-0.2, -0.15) is 0 Å². The molecule has 0 saturated heterocycles. The number of rotatable bonds is 7. The maximum Gasteiger partial charge on any atom is 0.260 e. The van der Waals surface area contributed by atoms with Gasteiger partial charge in [-0.15, -0.1) is 0 Å². The van der Waals surface area contributed by atoms with Crippen molar-refractivity contribution in [2.24, 2.45) is 0 Å². The van der Waals surface area contributed by atoms with Gasteiger partial charge in [0.05, 0.1) is 4.90 Å². The molecule has 0 radical (unpaired) electrons. The fraction of sp³-hybridized carbons (Fsp3) is 0.588. The molecule has 1 saturated carbocycles. The van der Waals surface area contributed by atoms with Crippen molar-refractivity contribution >= 4 is 15.9 Å². The summed E-state index contributed by atoms with van der Waals surface area (Å²) < 4.78 is 31.8. The van der Waals surface area contributed by atoms with Crippen molar-refractivity contribution in [1.82, 2.24) is 10.0 Å². The van der Waals surface area contributed by atoms with Crippen LogP contribution < -0.4 is 14.8 Å². The molecule has 0 unspecified atom stereocenters. The number of ether oxygens (including phenoxy) is 1. The highest BCUT2D eigenvalue weighted by Gasteiger charge is 2.21. The average Bonchev–Trinajstić information content (AvgIpc) is 2.56. The zero-order chi connectivity index (χ0) is 17.6. The topological polar surface area (TPSA) is 84.5 Å². The van der Waals surface area contributed by atoms with Crippen molar-refractivity contribution in [2.75, 3.05) is 6.54 Å². The first-order valence-corrected chi connectivity index (χ1v) is 9.97. The number of sulfonamides is 1.